The Labute approximate surface area is 108 Å². The summed E-state index contributed by atoms with van der Waals surface area (Å²) in [7, 11) is 0. The minimum Gasteiger partial charge on any atom is -0.361 e. The van der Waals surface area contributed by atoms with E-state index < -0.39 is 0 Å². The largest absolute Gasteiger partial charge is 0.361 e. The van der Waals surface area contributed by atoms with Crippen LogP contribution in [0.1, 0.15) is 33.1 Å². The maximum absolute atomic E-state index is 4.62. The lowest BCUT2D eigenvalue weighted by molar-refractivity contribution is 0.503. The van der Waals surface area contributed by atoms with Gasteiger partial charge in [-0.15, -0.1) is 0 Å². The molecule has 0 aliphatic carbocycles. The third-order valence-corrected chi connectivity index (χ3v) is 4.52. The van der Waals surface area contributed by atoms with Crippen molar-refractivity contribution in [2.45, 2.75) is 39.2 Å². The molecule has 0 radical (unpaired) electrons. The summed E-state index contributed by atoms with van der Waals surface area (Å²) in [6.07, 6.45) is 6.06. The maximum atomic E-state index is 4.62. The topological polar surface area (TPSA) is 24.4 Å². The average molecular weight is 260 g/mol. The highest BCUT2D eigenvalue weighted by Gasteiger charge is 2.22. The zero-order valence-corrected chi connectivity index (χ0v) is 12.3. The fourth-order valence-corrected chi connectivity index (χ4v) is 3.29. The molecule has 4 heteroatoms. The molecule has 1 N–H and O–H groups in total. The Kier molecular flexibility index (Phi) is 7.37. The molecule has 2 nitrogen and oxygen atoms in total. The molecule has 1 atom stereocenters. The molecule has 0 spiro atoms. The van der Waals surface area contributed by atoms with Gasteiger partial charge >= 0.3 is 0 Å². The molecule has 1 rings (SSSR count). The molecule has 0 amide bonds. The van der Waals surface area contributed by atoms with E-state index in [2.05, 4.69) is 30.4 Å². The van der Waals surface area contributed by atoms with Gasteiger partial charge in [0.2, 0.25) is 0 Å². The number of nitrogens with one attached hydrogen (secondary N) is 1. The SMILES string of the molecule is CSCCCCCN=C1NC(C(C)C)CS1. The number of thioether (sulfide) groups is 2. The highest BCUT2D eigenvalue weighted by atomic mass is 32.2. The van der Waals surface area contributed by atoms with Crippen molar-refractivity contribution in [3.05, 3.63) is 0 Å². The molecule has 1 saturated heterocycles. The van der Waals surface area contributed by atoms with Crippen molar-refractivity contribution in [1.29, 1.82) is 0 Å². The van der Waals surface area contributed by atoms with Crippen LogP contribution >= 0.6 is 23.5 Å². The van der Waals surface area contributed by atoms with Crippen LogP contribution in [0.5, 0.6) is 0 Å². The highest BCUT2D eigenvalue weighted by Crippen LogP contribution is 2.19. The summed E-state index contributed by atoms with van der Waals surface area (Å²) >= 11 is 3.82. The van der Waals surface area contributed by atoms with Gasteiger partial charge in [-0.2, -0.15) is 11.8 Å². The van der Waals surface area contributed by atoms with Gasteiger partial charge in [0, 0.05) is 18.3 Å². The van der Waals surface area contributed by atoms with Crippen LogP contribution in [0.15, 0.2) is 4.99 Å². The molecule has 1 unspecified atom stereocenters. The molecule has 0 aromatic heterocycles. The fraction of sp³-hybridized carbons (Fsp3) is 0.917. The minimum absolute atomic E-state index is 0.625. The minimum atomic E-state index is 0.625. The van der Waals surface area contributed by atoms with Crippen LogP contribution < -0.4 is 5.32 Å². The third kappa shape index (κ3) is 5.48. The van der Waals surface area contributed by atoms with E-state index in [0.29, 0.717) is 12.0 Å². The molecule has 1 aliphatic heterocycles. The van der Waals surface area contributed by atoms with E-state index in [4.69, 9.17) is 0 Å². The lowest BCUT2D eigenvalue weighted by Crippen LogP contribution is -2.31. The summed E-state index contributed by atoms with van der Waals surface area (Å²) in [6, 6.07) is 0.625. The van der Waals surface area contributed by atoms with Crippen LogP contribution in [-0.2, 0) is 0 Å². The van der Waals surface area contributed by atoms with Gasteiger partial charge in [0.1, 0.15) is 0 Å². The van der Waals surface area contributed by atoms with E-state index in [1.165, 1.54) is 35.9 Å². The Balaban J connectivity index is 2.07. The van der Waals surface area contributed by atoms with Crippen molar-refractivity contribution in [1.82, 2.24) is 5.32 Å². The van der Waals surface area contributed by atoms with E-state index in [1.54, 1.807) is 0 Å². The standard InChI is InChI=1S/C12H24N2S2/c1-10(2)11-9-16-12(14-11)13-7-5-4-6-8-15-3/h10-11H,4-9H2,1-3H3,(H,13,14). The first kappa shape index (κ1) is 14.2. The Morgan fingerprint density at radius 2 is 2.25 bits per heavy atom. The molecular formula is C12H24N2S2. The molecule has 16 heavy (non-hydrogen) atoms. The first-order chi connectivity index (χ1) is 7.74. The molecule has 0 bridgehead atoms. The fourth-order valence-electron chi connectivity index (χ4n) is 1.58. The van der Waals surface area contributed by atoms with Crippen LogP contribution in [0, 0.1) is 5.92 Å². The van der Waals surface area contributed by atoms with Gasteiger partial charge in [0.15, 0.2) is 5.17 Å². The van der Waals surface area contributed by atoms with Crippen molar-refractivity contribution >= 4 is 28.7 Å². The van der Waals surface area contributed by atoms with Gasteiger partial charge in [-0.25, -0.2) is 0 Å². The number of aliphatic imine (C=N–C) groups is 1. The molecule has 1 aliphatic rings. The average Bonchev–Trinajstić information content (AvgIpc) is 2.72. The first-order valence-corrected chi connectivity index (χ1v) is 8.54. The van der Waals surface area contributed by atoms with E-state index in [-0.39, 0.29) is 0 Å². The Morgan fingerprint density at radius 3 is 2.88 bits per heavy atom. The summed E-state index contributed by atoms with van der Waals surface area (Å²) in [5, 5.41) is 4.67. The second-order valence-corrected chi connectivity index (χ2v) is 6.54. The van der Waals surface area contributed by atoms with E-state index >= 15 is 0 Å². The molecule has 0 saturated carbocycles. The number of rotatable bonds is 7. The van der Waals surface area contributed by atoms with Crippen LogP contribution in [0.2, 0.25) is 0 Å². The molecule has 1 fully saturated rings. The van der Waals surface area contributed by atoms with Gasteiger partial charge in [0.25, 0.3) is 0 Å². The van der Waals surface area contributed by atoms with Gasteiger partial charge in [0.05, 0.1) is 0 Å². The van der Waals surface area contributed by atoms with Crippen molar-refractivity contribution < 1.29 is 0 Å². The van der Waals surface area contributed by atoms with Gasteiger partial charge in [-0.05, 0) is 30.8 Å². The predicted molar refractivity (Wildman–Crippen MR) is 78.8 cm³/mol. The highest BCUT2D eigenvalue weighted by molar-refractivity contribution is 8.14. The monoisotopic (exact) mass is 260 g/mol. The zero-order chi connectivity index (χ0) is 11.8. The first-order valence-electron chi connectivity index (χ1n) is 6.16. The van der Waals surface area contributed by atoms with Crippen molar-refractivity contribution in [3.63, 3.8) is 0 Å². The van der Waals surface area contributed by atoms with Crippen molar-refractivity contribution in [3.8, 4) is 0 Å². The number of amidine groups is 1. The second kappa shape index (κ2) is 8.29. The third-order valence-electron chi connectivity index (χ3n) is 2.78. The van der Waals surface area contributed by atoms with Gasteiger partial charge in [-0.1, -0.05) is 32.0 Å². The van der Waals surface area contributed by atoms with Crippen LogP contribution in [0.3, 0.4) is 0 Å². The Hall–Kier alpha value is 0.170. The predicted octanol–water partition coefficient (Wildman–Crippen LogP) is 3.24. The summed E-state index contributed by atoms with van der Waals surface area (Å²) in [4.78, 5) is 4.62. The maximum Gasteiger partial charge on any atom is 0.156 e. The summed E-state index contributed by atoms with van der Waals surface area (Å²) in [5.41, 5.74) is 0. The number of hydrogen-bond donors (Lipinski definition) is 1. The van der Waals surface area contributed by atoms with Crippen molar-refractivity contribution in [2.75, 3.05) is 24.3 Å². The Morgan fingerprint density at radius 1 is 1.44 bits per heavy atom. The van der Waals surface area contributed by atoms with Crippen molar-refractivity contribution in [2.24, 2.45) is 10.9 Å². The quantitative estimate of drug-likeness (QED) is 0.711. The lowest BCUT2D eigenvalue weighted by Gasteiger charge is -2.13. The van der Waals surface area contributed by atoms with Crippen LogP contribution in [0.4, 0.5) is 0 Å². The normalized spacial score (nSPS) is 23.0. The molecular weight excluding hydrogens is 236 g/mol. The number of unbranched alkanes of at least 4 members (excludes halogenated alkanes) is 2. The Bertz CT molecular complexity index is 217. The molecule has 0 aromatic carbocycles. The van der Waals surface area contributed by atoms with E-state index in [0.717, 1.165) is 6.54 Å². The second-order valence-electron chi connectivity index (χ2n) is 4.55. The van der Waals surface area contributed by atoms with Gasteiger partial charge in [-0.3, -0.25) is 4.99 Å². The number of hydrogen-bond acceptors (Lipinski definition) is 3. The van der Waals surface area contributed by atoms with Gasteiger partial charge < -0.3 is 5.32 Å². The summed E-state index contributed by atoms with van der Waals surface area (Å²) < 4.78 is 0. The van der Waals surface area contributed by atoms with E-state index in [9.17, 15) is 0 Å². The molecule has 94 valence electrons. The smallest absolute Gasteiger partial charge is 0.156 e. The lowest BCUT2D eigenvalue weighted by atomic mass is 10.1. The molecule has 0 aromatic rings. The summed E-state index contributed by atoms with van der Waals surface area (Å²) in [5.74, 6) is 3.18. The number of nitrogens with zero attached hydrogens (tertiary/aromatic N) is 1. The van der Waals surface area contributed by atoms with Crippen LogP contribution in [-0.4, -0.2) is 35.5 Å². The molecule has 1 heterocycles. The summed E-state index contributed by atoms with van der Waals surface area (Å²) in [6.45, 7) is 5.53. The van der Waals surface area contributed by atoms with Crippen LogP contribution in [0.25, 0.3) is 0 Å². The van der Waals surface area contributed by atoms with E-state index in [1.807, 2.05) is 23.5 Å². The zero-order valence-electron chi connectivity index (χ0n) is 10.7.